The Morgan fingerprint density at radius 1 is 0.879 bits per heavy atom. The van der Waals surface area contributed by atoms with Gasteiger partial charge in [0.2, 0.25) is 0 Å². The van der Waals surface area contributed by atoms with Crippen LogP contribution in [0.3, 0.4) is 0 Å². The monoisotopic (exact) mass is 456 g/mol. The first-order chi connectivity index (χ1) is 16.2. The summed E-state index contributed by atoms with van der Waals surface area (Å²) in [6, 6.07) is 0. The summed E-state index contributed by atoms with van der Waals surface area (Å²) in [4.78, 5) is 25.9. The first-order valence-corrected chi connectivity index (χ1v) is 13.3. The van der Waals surface area contributed by atoms with Crippen LogP contribution in [0.5, 0.6) is 0 Å². The second kappa shape index (κ2) is 10.2. The molecule has 6 nitrogen and oxygen atoms in total. The van der Waals surface area contributed by atoms with Crippen LogP contribution in [-0.4, -0.2) is 44.8 Å². The number of ether oxygens (including phenoxy) is 2. The van der Waals surface area contributed by atoms with Crippen LogP contribution in [-0.2, 0) is 19.1 Å². The van der Waals surface area contributed by atoms with E-state index in [-0.39, 0.29) is 23.3 Å². The third kappa shape index (κ3) is 4.60. The summed E-state index contributed by atoms with van der Waals surface area (Å²) in [5.74, 6) is 2.08. The summed E-state index contributed by atoms with van der Waals surface area (Å²) in [6.07, 6.45) is 17.2. The zero-order valence-electron chi connectivity index (χ0n) is 19.9. The lowest BCUT2D eigenvalue weighted by Gasteiger charge is -2.42. The van der Waals surface area contributed by atoms with Crippen LogP contribution in [0.1, 0.15) is 64.2 Å². The van der Waals surface area contributed by atoms with Crippen molar-refractivity contribution in [1.82, 2.24) is 10.6 Å². The quantitative estimate of drug-likeness (QED) is 0.593. The van der Waals surface area contributed by atoms with Crippen LogP contribution in [0.4, 0.5) is 0 Å². The Labute approximate surface area is 197 Å². The standard InChI is InChI=1S/C27H40N2O4/c30-25(19-9-13-28-14-10-19)32-17-27(18-33-26(31)20-11-15-29-16-12-20)23-7-3-1-5-21(23)22-6-2-4-8-24(22)27/h9-10,13,20-24,28-29H,1-8,11-12,14-18H2. The van der Waals surface area contributed by atoms with Crippen molar-refractivity contribution in [2.24, 2.45) is 35.0 Å². The van der Waals surface area contributed by atoms with Gasteiger partial charge in [0.05, 0.1) is 11.5 Å². The van der Waals surface area contributed by atoms with Crippen LogP contribution in [0.2, 0.25) is 0 Å². The summed E-state index contributed by atoms with van der Waals surface area (Å²) < 4.78 is 12.2. The van der Waals surface area contributed by atoms with Gasteiger partial charge in [-0.15, -0.1) is 0 Å². The lowest BCUT2D eigenvalue weighted by Crippen LogP contribution is -2.45. The summed E-state index contributed by atoms with van der Waals surface area (Å²) in [5.41, 5.74) is 0.389. The van der Waals surface area contributed by atoms with E-state index in [2.05, 4.69) is 10.6 Å². The highest BCUT2D eigenvalue weighted by Crippen LogP contribution is 2.63. The lowest BCUT2D eigenvalue weighted by atomic mass is 9.66. The first-order valence-electron chi connectivity index (χ1n) is 13.3. The normalized spacial score (nSPS) is 36.2. The molecule has 0 aromatic carbocycles. The largest absolute Gasteiger partial charge is 0.465 e. The van der Waals surface area contributed by atoms with E-state index in [9.17, 15) is 9.59 Å². The summed E-state index contributed by atoms with van der Waals surface area (Å²) in [7, 11) is 0. The van der Waals surface area contributed by atoms with Crippen LogP contribution in [0.15, 0.2) is 23.9 Å². The van der Waals surface area contributed by atoms with Gasteiger partial charge in [0.1, 0.15) is 13.2 Å². The van der Waals surface area contributed by atoms with Crippen molar-refractivity contribution in [3.05, 3.63) is 23.9 Å². The van der Waals surface area contributed by atoms with Crippen LogP contribution in [0.25, 0.3) is 0 Å². The maximum atomic E-state index is 13.0. The third-order valence-electron chi connectivity index (χ3n) is 9.35. The second-order valence-electron chi connectivity index (χ2n) is 11.0. The van der Waals surface area contributed by atoms with Gasteiger partial charge >= 0.3 is 11.9 Å². The topological polar surface area (TPSA) is 76.7 Å². The summed E-state index contributed by atoms with van der Waals surface area (Å²) >= 11 is 0. The smallest absolute Gasteiger partial charge is 0.337 e. The predicted octanol–water partition coefficient (Wildman–Crippen LogP) is 3.73. The molecule has 182 valence electrons. The number of rotatable bonds is 6. The van der Waals surface area contributed by atoms with Crippen molar-refractivity contribution < 1.29 is 19.1 Å². The molecule has 4 fully saturated rings. The van der Waals surface area contributed by atoms with Crippen LogP contribution < -0.4 is 10.6 Å². The zero-order valence-corrected chi connectivity index (χ0v) is 19.9. The van der Waals surface area contributed by atoms with E-state index in [0.717, 1.165) is 25.9 Å². The minimum atomic E-state index is -0.247. The number of dihydropyridines is 1. The molecule has 0 bridgehead atoms. The van der Waals surface area contributed by atoms with E-state index in [1.807, 2.05) is 6.08 Å². The molecule has 2 N–H and O–H groups in total. The Kier molecular flexibility index (Phi) is 7.10. The third-order valence-corrected chi connectivity index (χ3v) is 9.35. The second-order valence-corrected chi connectivity index (χ2v) is 11.0. The zero-order chi connectivity index (χ0) is 22.7. The number of hydrogen-bond acceptors (Lipinski definition) is 6. The van der Waals surface area contributed by atoms with Gasteiger partial charge in [0, 0.05) is 12.0 Å². The Bertz CT molecular complexity index is 763. The first kappa shape index (κ1) is 22.9. The summed E-state index contributed by atoms with van der Waals surface area (Å²) in [6.45, 7) is 3.22. The molecular formula is C27H40N2O4. The fraction of sp³-hybridized carbons (Fsp3) is 0.778. The van der Waals surface area contributed by atoms with E-state index >= 15 is 0 Å². The number of fused-ring (bicyclic) bond motifs is 3. The Morgan fingerprint density at radius 3 is 2.15 bits per heavy atom. The van der Waals surface area contributed by atoms with Crippen LogP contribution >= 0.6 is 0 Å². The highest BCUT2D eigenvalue weighted by Gasteiger charge is 2.61. The molecule has 5 aliphatic rings. The highest BCUT2D eigenvalue weighted by atomic mass is 16.5. The fourth-order valence-corrected chi connectivity index (χ4v) is 7.79. The van der Waals surface area contributed by atoms with Gasteiger partial charge in [-0.25, -0.2) is 4.79 Å². The molecule has 0 aromatic heterocycles. The molecule has 6 heteroatoms. The van der Waals surface area contributed by atoms with Gasteiger partial charge < -0.3 is 20.1 Å². The number of nitrogens with one attached hydrogen (secondary N) is 2. The van der Waals surface area contributed by atoms with E-state index < -0.39 is 0 Å². The number of carbonyl (C=O) groups excluding carboxylic acids is 2. The molecule has 4 atom stereocenters. The lowest BCUT2D eigenvalue weighted by molar-refractivity contribution is -0.162. The molecule has 5 rings (SSSR count). The predicted molar refractivity (Wildman–Crippen MR) is 126 cm³/mol. The van der Waals surface area contributed by atoms with Crippen molar-refractivity contribution >= 4 is 11.9 Å². The van der Waals surface area contributed by atoms with E-state index in [1.54, 1.807) is 12.3 Å². The maximum absolute atomic E-state index is 13.0. The van der Waals surface area contributed by atoms with Crippen LogP contribution in [0, 0.1) is 35.0 Å². The van der Waals surface area contributed by atoms with E-state index in [4.69, 9.17) is 9.47 Å². The van der Waals surface area contributed by atoms with Gasteiger partial charge in [0.25, 0.3) is 0 Å². The number of hydrogen-bond donors (Lipinski definition) is 2. The number of esters is 2. The SMILES string of the molecule is O=C(OCC1(COC(=O)C2CCNCC2)C2CCCCC2C2CCCCC21)C1=CCNC=C1. The van der Waals surface area contributed by atoms with Gasteiger partial charge in [-0.1, -0.05) is 31.8 Å². The molecule has 0 spiro atoms. The number of carbonyl (C=O) groups is 2. The molecule has 2 heterocycles. The van der Waals surface area contributed by atoms with E-state index in [1.165, 1.54) is 51.4 Å². The molecule has 0 radical (unpaired) electrons. The Balaban J connectivity index is 1.37. The molecule has 4 unspecified atom stereocenters. The molecule has 1 saturated heterocycles. The Hall–Kier alpha value is -1.82. The molecule has 0 amide bonds. The van der Waals surface area contributed by atoms with Crippen molar-refractivity contribution in [3.63, 3.8) is 0 Å². The van der Waals surface area contributed by atoms with Crippen molar-refractivity contribution in [2.45, 2.75) is 64.2 Å². The van der Waals surface area contributed by atoms with Crippen molar-refractivity contribution in [3.8, 4) is 0 Å². The van der Waals surface area contributed by atoms with E-state index in [0.29, 0.717) is 49.0 Å². The number of piperidine rings is 1. The minimum Gasteiger partial charge on any atom is -0.465 e. The van der Waals surface area contributed by atoms with Crippen molar-refractivity contribution in [2.75, 3.05) is 32.8 Å². The highest BCUT2D eigenvalue weighted by molar-refractivity contribution is 5.91. The fourth-order valence-electron chi connectivity index (χ4n) is 7.79. The van der Waals surface area contributed by atoms with Gasteiger partial charge in [0.15, 0.2) is 0 Å². The van der Waals surface area contributed by atoms with Gasteiger partial charge in [-0.05, 0) is 87.6 Å². The van der Waals surface area contributed by atoms with Gasteiger partial charge in [-0.3, -0.25) is 4.79 Å². The molecule has 33 heavy (non-hydrogen) atoms. The average Bonchev–Trinajstić information content (AvgIpc) is 3.17. The molecule has 3 saturated carbocycles. The average molecular weight is 457 g/mol. The Morgan fingerprint density at radius 2 is 1.52 bits per heavy atom. The molecule has 0 aromatic rings. The van der Waals surface area contributed by atoms with Crippen molar-refractivity contribution in [1.29, 1.82) is 0 Å². The van der Waals surface area contributed by atoms with Gasteiger partial charge in [-0.2, -0.15) is 0 Å². The molecule has 2 aliphatic heterocycles. The molecule has 3 aliphatic carbocycles. The molecular weight excluding hydrogens is 416 g/mol. The summed E-state index contributed by atoms with van der Waals surface area (Å²) in [5, 5.41) is 6.42. The minimum absolute atomic E-state index is 0.00147. The maximum Gasteiger partial charge on any atom is 0.337 e.